The maximum Gasteiger partial charge on any atom is 0.328 e. The molecule has 0 bridgehead atoms. The number of benzene rings is 2. The molecule has 1 heterocycles. The number of nitrogens with two attached hydrogens (primary N) is 1. The Hall–Kier alpha value is -3.85. The Bertz CT molecular complexity index is 1160. The third-order valence-electron chi connectivity index (χ3n) is 4.44. The minimum absolute atomic E-state index is 0.132. The summed E-state index contributed by atoms with van der Waals surface area (Å²) >= 11 is 0. The summed E-state index contributed by atoms with van der Waals surface area (Å²) in [5.74, 6) is -2.20. The Balaban J connectivity index is 0.000000414. The first-order valence-electron chi connectivity index (χ1n) is 10.2. The molecule has 0 atom stereocenters. The van der Waals surface area contributed by atoms with Gasteiger partial charge in [-0.3, -0.25) is 0 Å². The molecule has 9 heteroatoms. The lowest BCUT2D eigenvalue weighted by Gasteiger charge is -2.20. The third kappa shape index (κ3) is 7.36. The molecule has 3 aromatic rings. The Morgan fingerprint density at radius 2 is 1.64 bits per heavy atom. The third-order valence-corrected chi connectivity index (χ3v) is 4.44. The van der Waals surface area contributed by atoms with Crippen molar-refractivity contribution >= 4 is 28.7 Å². The Morgan fingerprint density at radius 1 is 1.03 bits per heavy atom. The van der Waals surface area contributed by atoms with E-state index in [9.17, 15) is 14.0 Å². The van der Waals surface area contributed by atoms with Gasteiger partial charge in [0.25, 0.3) is 0 Å². The molecule has 33 heavy (non-hydrogen) atoms. The van der Waals surface area contributed by atoms with E-state index in [4.69, 9.17) is 15.9 Å². The maximum atomic E-state index is 14.1. The van der Waals surface area contributed by atoms with Gasteiger partial charge in [-0.2, -0.15) is 0 Å². The monoisotopic (exact) mass is 454 g/mol. The summed E-state index contributed by atoms with van der Waals surface area (Å²) in [5, 5.41) is 20.2. The predicted octanol–water partition coefficient (Wildman–Crippen LogP) is 3.82. The normalized spacial score (nSPS) is 11.2. The maximum absolute atomic E-state index is 14.1. The average Bonchev–Trinajstić information content (AvgIpc) is 2.76. The molecule has 0 saturated heterocycles. The molecular formula is C24H27FN4O4. The smallest absolute Gasteiger partial charge is 0.328 e. The zero-order chi connectivity index (χ0) is 24.6. The molecular weight excluding hydrogens is 427 g/mol. The lowest BCUT2D eigenvalue weighted by molar-refractivity contribution is -0.134. The predicted molar refractivity (Wildman–Crippen MR) is 126 cm³/mol. The van der Waals surface area contributed by atoms with Crippen molar-refractivity contribution in [1.29, 1.82) is 0 Å². The van der Waals surface area contributed by atoms with E-state index in [1.54, 1.807) is 12.1 Å². The van der Waals surface area contributed by atoms with Crippen LogP contribution in [0.5, 0.6) is 0 Å². The van der Waals surface area contributed by atoms with Gasteiger partial charge >= 0.3 is 11.9 Å². The number of aliphatic carboxylic acids is 2. The van der Waals surface area contributed by atoms with Crippen molar-refractivity contribution in [3.8, 4) is 11.3 Å². The molecule has 0 saturated carbocycles. The van der Waals surface area contributed by atoms with Crippen LogP contribution in [0.3, 0.4) is 0 Å². The summed E-state index contributed by atoms with van der Waals surface area (Å²) in [6.45, 7) is 7.41. The van der Waals surface area contributed by atoms with Gasteiger partial charge in [0.1, 0.15) is 5.82 Å². The van der Waals surface area contributed by atoms with Crippen molar-refractivity contribution in [2.45, 2.75) is 26.2 Å². The number of carbonyl (C=O) groups is 2. The van der Waals surface area contributed by atoms with Gasteiger partial charge in [-0.25, -0.2) is 23.9 Å². The first kappa shape index (κ1) is 25.4. The minimum Gasteiger partial charge on any atom is -0.478 e. The van der Waals surface area contributed by atoms with E-state index in [-0.39, 0.29) is 11.2 Å². The van der Waals surface area contributed by atoms with Crippen molar-refractivity contribution < 1.29 is 24.2 Å². The van der Waals surface area contributed by atoms with Crippen LogP contribution in [0.25, 0.3) is 22.0 Å². The fraction of sp³-hybridized carbons (Fsp3) is 0.250. The number of halogens is 1. The summed E-state index contributed by atoms with van der Waals surface area (Å²) < 4.78 is 14.1. The molecule has 1 aromatic heterocycles. The molecule has 5 N–H and O–H groups in total. The van der Waals surface area contributed by atoms with Crippen LogP contribution in [-0.2, 0) is 15.0 Å². The first-order chi connectivity index (χ1) is 15.5. The van der Waals surface area contributed by atoms with E-state index in [0.717, 1.165) is 22.3 Å². The molecule has 2 aromatic carbocycles. The number of nitrogens with one attached hydrogen (secondary N) is 1. The molecule has 3 rings (SSSR count). The van der Waals surface area contributed by atoms with Crippen LogP contribution >= 0.6 is 0 Å². The van der Waals surface area contributed by atoms with E-state index in [1.807, 2.05) is 24.3 Å². The van der Waals surface area contributed by atoms with Gasteiger partial charge in [0.2, 0.25) is 5.95 Å². The van der Waals surface area contributed by atoms with E-state index in [1.165, 1.54) is 6.07 Å². The zero-order valence-electron chi connectivity index (χ0n) is 18.7. The highest BCUT2D eigenvalue weighted by Gasteiger charge is 2.19. The second-order valence-electron chi connectivity index (χ2n) is 8.08. The number of carboxylic acids is 2. The number of hydrogen-bond acceptors (Lipinski definition) is 6. The van der Waals surface area contributed by atoms with Gasteiger partial charge < -0.3 is 21.3 Å². The van der Waals surface area contributed by atoms with Crippen LogP contribution in [0.1, 0.15) is 26.5 Å². The van der Waals surface area contributed by atoms with Crippen molar-refractivity contribution in [2.24, 2.45) is 5.73 Å². The molecule has 0 unspecified atom stereocenters. The molecule has 0 aliphatic rings. The van der Waals surface area contributed by atoms with Gasteiger partial charge in [0, 0.05) is 41.6 Å². The molecule has 0 aliphatic heterocycles. The summed E-state index contributed by atoms with van der Waals surface area (Å²) in [5.41, 5.74) is 8.03. The standard InChI is InChI=1S/C20H23FN4.C4H4O4/c1-20(2,3)18-12-17(24-19(25-18)23-11-10-22)15-8-9-16(21)14-7-5-4-6-13(14)15;5-3(6)1-2-4(7)8/h4-9,12H,10-11,22H2,1-3H3,(H,23,24,25);1-2H,(H,5,6)(H,7,8)/b;2-1+. The fourth-order valence-corrected chi connectivity index (χ4v) is 2.86. The van der Waals surface area contributed by atoms with Crippen molar-refractivity contribution in [1.82, 2.24) is 9.97 Å². The Labute approximate surface area is 191 Å². The van der Waals surface area contributed by atoms with E-state index >= 15 is 0 Å². The van der Waals surface area contributed by atoms with Crippen molar-refractivity contribution in [3.63, 3.8) is 0 Å². The number of fused-ring (bicyclic) bond motifs is 1. The summed E-state index contributed by atoms with van der Waals surface area (Å²) in [6, 6.07) is 12.7. The molecule has 0 aliphatic carbocycles. The van der Waals surface area contributed by atoms with Crippen LogP contribution in [0, 0.1) is 5.82 Å². The number of carboxylic acid groups (broad SMARTS) is 2. The summed E-state index contributed by atoms with van der Waals surface area (Å²) in [4.78, 5) is 28.4. The first-order valence-corrected chi connectivity index (χ1v) is 10.2. The number of anilines is 1. The molecule has 8 nitrogen and oxygen atoms in total. The van der Waals surface area contributed by atoms with Gasteiger partial charge in [0.15, 0.2) is 0 Å². The van der Waals surface area contributed by atoms with Gasteiger partial charge in [-0.05, 0) is 23.6 Å². The van der Waals surface area contributed by atoms with Crippen LogP contribution in [0.4, 0.5) is 10.3 Å². The lowest BCUT2D eigenvalue weighted by Crippen LogP contribution is -2.19. The van der Waals surface area contributed by atoms with Crippen molar-refractivity contribution in [3.05, 3.63) is 66.1 Å². The summed E-state index contributed by atoms with van der Waals surface area (Å²) in [7, 11) is 0. The highest BCUT2D eigenvalue weighted by Crippen LogP contribution is 2.32. The Kier molecular flexibility index (Phi) is 8.58. The largest absolute Gasteiger partial charge is 0.478 e. The Morgan fingerprint density at radius 3 is 2.18 bits per heavy atom. The van der Waals surface area contributed by atoms with Gasteiger partial charge in [0.05, 0.1) is 11.4 Å². The minimum atomic E-state index is -1.26. The quantitative estimate of drug-likeness (QED) is 0.412. The molecule has 0 amide bonds. The second kappa shape index (κ2) is 11.1. The number of aromatic nitrogens is 2. The topological polar surface area (TPSA) is 138 Å². The van der Waals surface area contributed by atoms with E-state index in [0.29, 0.717) is 36.6 Å². The highest BCUT2D eigenvalue weighted by molar-refractivity contribution is 5.96. The summed E-state index contributed by atoms with van der Waals surface area (Å²) in [6.07, 6.45) is 1.12. The fourth-order valence-electron chi connectivity index (χ4n) is 2.86. The zero-order valence-corrected chi connectivity index (χ0v) is 18.7. The number of hydrogen-bond donors (Lipinski definition) is 4. The molecule has 0 spiro atoms. The number of rotatable bonds is 6. The molecule has 0 radical (unpaired) electrons. The van der Waals surface area contributed by atoms with E-state index in [2.05, 4.69) is 36.1 Å². The lowest BCUT2D eigenvalue weighted by atomic mass is 9.90. The second-order valence-corrected chi connectivity index (χ2v) is 8.08. The SMILES string of the molecule is CC(C)(C)c1cc(-c2ccc(F)c3ccccc23)nc(NCCN)n1.O=C(O)/C=C/C(=O)O. The van der Waals surface area contributed by atoms with Gasteiger partial charge in [-0.15, -0.1) is 0 Å². The van der Waals surface area contributed by atoms with Crippen LogP contribution in [0.15, 0.2) is 54.6 Å². The number of nitrogens with zero attached hydrogens (tertiary/aromatic N) is 2. The van der Waals surface area contributed by atoms with Gasteiger partial charge in [-0.1, -0.05) is 45.0 Å². The van der Waals surface area contributed by atoms with Crippen LogP contribution in [-0.4, -0.2) is 45.2 Å². The van der Waals surface area contributed by atoms with Crippen molar-refractivity contribution in [2.75, 3.05) is 18.4 Å². The van der Waals surface area contributed by atoms with Crippen LogP contribution in [0.2, 0.25) is 0 Å². The molecule has 0 fully saturated rings. The van der Waals surface area contributed by atoms with E-state index < -0.39 is 11.9 Å². The average molecular weight is 455 g/mol. The highest BCUT2D eigenvalue weighted by atomic mass is 19.1. The molecule has 174 valence electrons. The van der Waals surface area contributed by atoms with Crippen LogP contribution < -0.4 is 11.1 Å².